The zero-order valence-electron chi connectivity index (χ0n) is 21.8. The predicted molar refractivity (Wildman–Crippen MR) is 149 cm³/mol. The average Bonchev–Trinajstić information content (AvgIpc) is 3.39. The summed E-state index contributed by atoms with van der Waals surface area (Å²) in [5, 5.41) is 0.879. The number of hydrogen-bond acceptors (Lipinski definition) is 7. The monoisotopic (exact) mass is 522 g/mol. The van der Waals surface area contributed by atoms with Gasteiger partial charge in [0, 0.05) is 29.3 Å². The smallest absolute Gasteiger partial charge is 0.310 e. The van der Waals surface area contributed by atoms with Gasteiger partial charge >= 0.3 is 5.97 Å². The van der Waals surface area contributed by atoms with E-state index in [1.165, 1.54) is 0 Å². The Kier molecular flexibility index (Phi) is 8.19. The van der Waals surface area contributed by atoms with Gasteiger partial charge in [0.1, 0.15) is 19.0 Å². The Morgan fingerprint density at radius 3 is 2.54 bits per heavy atom. The molecule has 0 aliphatic carbocycles. The molecule has 0 amide bonds. The van der Waals surface area contributed by atoms with Gasteiger partial charge in [0.2, 0.25) is 0 Å². The highest BCUT2D eigenvalue weighted by molar-refractivity contribution is 5.91. The molecule has 2 heterocycles. The average molecular weight is 523 g/mol. The molecule has 7 heteroatoms. The van der Waals surface area contributed by atoms with Crippen LogP contribution in [0.1, 0.15) is 29.3 Å². The zero-order valence-corrected chi connectivity index (χ0v) is 21.8. The van der Waals surface area contributed by atoms with Gasteiger partial charge in [-0.05, 0) is 60.0 Å². The summed E-state index contributed by atoms with van der Waals surface area (Å²) in [5.74, 6) is 0.944. The molecule has 5 aromatic rings. The van der Waals surface area contributed by atoms with Crippen LogP contribution in [0.3, 0.4) is 0 Å². The molecule has 0 saturated heterocycles. The lowest BCUT2D eigenvalue weighted by Gasteiger charge is -2.12. The highest BCUT2D eigenvalue weighted by Gasteiger charge is 2.17. The fraction of sp³-hybridized carbons (Fsp3) is 0.188. The molecule has 0 aliphatic rings. The van der Waals surface area contributed by atoms with Crippen LogP contribution >= 0.6 is 0 Å². The third-order valence-electron chi connectivity index (χ3n) is 6.31. The molecule has 3 aromatic carbocycles. The highest BCUT2D eigenvalue weighted by Crippen LogP contribution is 2.37. The third kappa shape index (κ3) is 6.27. The van der Waals surface area contributed by atoms with E-state index in [2.05, 4.69) is 17.1 Å². The number of esters is 1. The number of rotatable bonds is 11. The number of para-hydroxylation sites is 1. The summed E-state index contributed by atoms with van der Waals surface area (Å²) in [6.45, 7) is 3.13. The maximum Gasteiger partial charge on any atom is 0.310 e. The Balaban J connectivity index is 1.47. The van der Waals surface area contributed by atoms with E-state index in [-0.39, 0.29) is 19.0 Å². The number of hydrogen-bond donors (Lipinski definition) is 1. The Labute approximate surface area is 227 Å². The molecule has 0 saturated carbocycles. The van der Waals surface area contributed by atoms with Gasteiger partial charge in [-0.15, -0.1) is 0 Å². The molecule has 0 bridgehead atoms. The number of aromatic nitrogens is 1. The first-order valence-corrected chi connectivity index (χ1v) is 12.9. The van der Waals surface area contributed by atoms with Crippen molar-refractivity contribution in [2.75, 3.05) is 6.61 Å². The van der Waals surface area contributed by atoms with E-state index in [0.717, 1.165) is 38.9 Å². The fourth-order valence-corrected chi connectivity index (χ4v) is 4.37. The number of fused-ring (bicyclic) bond motifs is 1. The van der Waals surface area contributed by atoms with Crippen LogP contribution in [0, 0.1) is 0 Å². The summed E-state index contributed by atoms with van der Waals surface area (Å²) in [5.41, 5.74) is 12.0. The lowest BCUT2D eigenvalue weighted by molar-refractivity contribution is -0.142. The van der Waals surface area contributed by atoms with Crippen molar-refractivity contribution < 1.29 is 23.4 Å². The molecular formula is C32H30N2O5. The van der Waals surface area contributed by atoms with Crippen LogP contribution in [0.2, 0.25) is 0 Å². The third-order valence-corrected chi connectivity index (χ3v) is 6.31. The normalized spacial score (nSPS) is 10.9. The molecule has 7 nitrogen and oxygen atoms in total. The number of ether oxygens (including phenoxy) is 3. The molecule has 0 aliphatic heterocycles. The van der Waals surface area contributed by atoms with Crippen molar-refractivity contribution in [3.05, 3.63) is 114 Å². The lowest BCUT2D eigenvalue weighted by atomic mass is 10.00. The van der Waals surface area contributed by atoms with Crippen LogP contribution in [-0.2, 0) is 35.7 Å². The Morgan fingerprint density at radius 1 is 0.872 bits per heavy atom. The van der Waals surface area contributed by atoms with Gasteiger partial charge < -0.3 is 24.4 Å². The van der Waals surface area contributed by atoms with Crippen molar-refractivity contribution in [1.82, 2.24) is 4.98 Å². The summed E-state index contributed by atoms with van der Waals surface area (Å²) in [7, 11) is 0. The molecule has 2 aromatic heterocycles. The molecule has 198 valence electrons. The standard InChI is InChI=1S/C32H30N2O5/c1-2-36-31(35)17-24-9-3-4-12-29(24)37-19-26-20-39-32-28(26)15-25(23-10-7-8-22(14-23)18-33)16-30(32)38-21-27-11-5-6-13-34-27/h3-16,20H,2,17-19,21,33H2,1H3. The van der Waals surface area contributed by atoms with Crippen LogP contribution in [-0.4, -0.2) is 17.6 Å². The summed E-state index contributed by atoms with van der Waals surface area (Å²) < 4.78 is 23.5. The van der Waals surface area contributed by atoms with Crippen molar-refractivity contribution in [2.45, 2.75) is 33.1 Å². The van der Waals surface area contributed by atoms with E-state index < -0.39 is 0 Å². The molecule has 0 radical (unpaired) electrons. The zero-order chi connectivity index (χ0) is 27.0. The Bertz CT molecular complexity index is 1560. The van der Waals surface area contributed by atoms with Gasteiger partial charge in [0.25, 0.3) is 0 Å². The van der Waals surface area contributed by atoms with Crippen LogP contribution in [0.4, 0.5) is 0 Å². The quantitative estimate of drug-likeness (QED) is 0.206. The van der Waals surface area contributed by atoms with Gasteiger partial charge in [-0.2, -0.15) is 0 Å². The van der Waals surface area contributed by atoms with Gasteiger partial charge in [-0.25, -0.2) is 0 Å². The Hall–Kier alpha value is -4.62. The van der Waals surface area contributed by atoms with E-state index in [9.17, 15) is 4.79 Å². The lowest BCUT2D eigenvalue weighted by Crippen LogP contribution is -2.09. The maximum absolute atomic E-state index is 12.1. The number of pyridine rings is 1. The van der Waals surface area contributed by atoms with Gasteiger partial charge in [0.05, 0.1) is 25.0 Å². The number of furan rings is 1. The van der Waals surface area contributed by atoms with Crippen LogP contribution in [0.25, 0.3) is 22.1 Å². The molecule has 0 spiro atoms. The highest BCUT2D eigenvalue weighted by atomic mass is 16.5. The molecule has 39 heavy (non-hydrogen) atoms. The minimum atomic E-state index is -0.290. The first kappa shape index (κ1) is 26.0. The first-order valence-electron chi connectivity index (χ1n) is 12.9. The summed E-state index contributed by atoms with van der Waals surface area (Å²) >= 11 is 0. The predicted octanol–water partition coefficient (Wildman–Crippen LogP) is 6.22. The minimum absolute atomic E-state index is 0.142. The van der Waals surface area contributed by atoms with E-state index in [4.69, 9.17) is 24.4 Å². The van der Waals surface area contributed by atoms with Crippen molar-refractivity contribution in [3.63, 3.8) is 0 Å². The van der Waals surface area contributed by atoms with E-state index in [0.29, 0.717) is 36.8 Å². The second-order valence-corrected chi connectivity index (χ2v) is 9.00. The van der Waals surface area contributed by atoms with E-state index in [1.807, 2.05) is 66.7 Å². The molecule has 0 unspecified atom stereocenters. The second kappa shape index (κ2) is 12.3. The van der Waals surface area contributed by atoms with Gasteiger partial charge in [0.15, 0.2) is 11.3 Å². The number of carbonyl (C=O) groups is 1. The number of nitrogens with two attached hydrogens (primary N) is 1. The molecule has 0 atom stereocenters. The first-order chi connectivity index (χ1) is 19.1. The van der Waals surface area contributed by atoms with Crippen LogP contribution < -0.4 is 15.2 Å². The second-order valence-electron chi connectivity index (χ2n) is 9.00. The number of nitrogens with zero attached hydrogens (tertiary/aromatic N) is 1. The Morgan fingerprint density at radius 2 is 1.72 bits per heavy atom. The SMILES string of the molecule is CCOC(=O)Cc1ccccc1OCc1coc2c(OCc3ccccn3)cc(-c3cccc(CN)c3)cc12. The van der Waals surface area contributed by atoms with E-state index >= 15 is 0 Å². The van der Waals surface area contributed by atoms with Crippen molar-refractivity contribution in [2.24, 2.45) is 5.73 Å². The number of carbonyl (C=O) groups excluding carboxylic acids is 1. The summed E-state index contributed by atoms with van der Waals surface area (Å²) in [4.78, 5) is 16.4. The van der Waals surface area contributed by atoms with Crippen LogP contribution in [0.5, 0.6) is 11.5 Å². The largest absolute Gasteiger partial charge is 0.488 e. The van der Waals surface area contributed by atoms with Crippen molar-refractivity contribution >= 4 is 16.9 Å². The van der Waals surface area contributed by atoms with Gasteiger partial charge in [-0.3, -0.25) is 9.78 Å². The molecule has 2 N–H and O–H groups in total. The topological polar surface area (TPSA) is 96.8 Å². The van der Waals surface area contributed by atoms with E-state index in [1.54, 1.807) is 19.4 Å². The minimum Gasteiger partial charge on any atom is -0.488 e. The van der Waals surface area contributed by atoms with Crippen molar-refractivity contribution in [1.29, 1.82) is 0 Å². The van der Waals surface area contributed by atoms with Crippen LogP contribution in [0.15, 0.2) is 95.7 Å². The molecular weight excluding hydrogens is 492 g/mol. The summed E-state index contributed by atoms with van der Waals surface area (Å²) in [6.07, 6.45) is 3.57. The molecule has 5 rings (SSSR count). The van der Waals surface area contributed by atoms with Gasteiger partial charge in [-0.1, -0.05) is 42.5 Å². The van der Waals surface area contributed by atoms with Crippen molar-refractivity contribution in [3.8, 4) is 22.6 Å². The fourth-order valence-electron chi connectivity index (χ4n) is 4.37. The number of benzene rings is 3. The maximum atomic E-state index is 12.1. The summed E-state index contributed by atoms with van der Waals surface area (Å²) in [6, 6.07) is 25.4. The molecule has 0 fully saturated rings.